The second-order valence-electron chi connectivity index (χ2n) is 7.04. The number of hydrogen-bond acceptors (Lipinski definition) is 4. The average Bonchev–Trinajstić information content (AvgIpc) is 2.73. The van der Waals surface area contributed by atoms with E-state index in [0.29, 0.717) is 0 Å². The van der Waals surface area contributed by atoms with Crippen LogP contribution in [0.3, 0.4) is 0 Å². The van der Waals surface area contributed by atoms with E-state index in [1.54, 1.807) is 6.07 Å². The standard InChI is InChI=1S/C22H22F4N2O4/c1-13(29)27-18(12-15-7-3-4-9-17(15)23)20(30)28-19(21(31)32-2)11-14-6-5-8-16(10-14)22(24,25)26/h3-10,18-19H,11-12H2,1-2H3,(H,27,29)(H,28,30)/t18-,19+/m0/s1. The van der Waals surface area contributed by atoms with Crippen LogP contribution in [0.4, 0.5) is 17.6 Å². The summed E-state index contributed by atoms with van der Waals surface area (Å²) in [4.78, 5) is 36.5. The number of amides is 2. The monoisotopic (exact) mass is 454 g/mol. The molecule has 0 saturated carbocycles. The van der Waals surface area contributed by atoms with Crippen LogP contribution in [0, 0.1) is 5.82 Å². The van der Waals surface area contributed by atoms with Crippen molar-refractivity contribution >= 4 is 17.8 Å². The second kappa shape index (κ2) is 10.7. The van der Waals surface area contributed by atoms with Gasteiger partial charge in [-0.1, -0.05) is 36.4 Å². The molecule has 0 saturated heterocycles. The van der Waals surface area contributed by atoms with Crippen molar-refractivity contribution in [2.45, 2.75) is 38.0 Å². The lowest BCUT2D eigenvalue weighted by Crippen LogP contribution is -2.53. The van der Waals surface area contributed by atoms with Gasteiger partial charge in [0.2, 0.25) is 11.8 Å². The van der Waals surface area contributed by atoms with Gasteiger partial charge < -0.3 is 15.4 Å². The molecule has 0 fully saturated rings. The van der Waals surface area contributed by atoms with E-state index in [1.165, 1.54) is 37.3 Å². The van der Waals surface area contributed by atoms with Crippen molar-refractivity contribution in [3.63, 3.8) is 0 Å². The lowest BCUT2D eigenvalue weighted by Gasteiger charge is -2.22. The number of hydrogen-bond donors (Lipinski definition) is 2. The molecule has 2 aromatic carbocycles. The summed E-state index contributed by atoms with van der Waals surface area (Å²) in [5.41, 5.74) is -0.602. The summed E-state index contributed by atoms with van der Waals surface area (Å²) in [5, 5.41) is 4.78. The Kier molecular flexibility index (Phi) is 8.34. The van der Waals surface area contributed by atoms with Crippen molar-refractivity contribution in [1.82, 2.24) is 10.6 Å². The van der Waals surface area contributed by atoms with E-state index in [1.807, 2.05) is 0 Å². The zero-order valence-corrected chi connectivity index (χ0v) is 17.3. The Morgan fingerprint density at radius 2 is 1.66 bits per heavy atom. The van der Waals surface area contributed by atoms with Crippen LogP contribution < -0.4 is 10.6 Å². The van der Waals surface area contributed by atoms with Gasteiger partial charge >= 0.3 is 12.1 Å². The highest BCUT2D eigenvalue weighted by Gasteiger charge is 2.32. The number of benzene rings is 2. The fourth-order valence-electron chi connectivity index (χ4n) is 3.06. The van der Waals surface area contributed by atoms with Crippen LogP contribution in [0.5, 0.6) is 0 Å². The molecule has 32 heavy (non-hydrogen) atoms. The highest BCUT2D eigenvalue weighted by molar-refractivity contribution is 5.90. The summed E-state index contributed by atoms with van der Waals surface area (Å²) in [7, 11) is 1.07. The van der Waals surface area contributed by atoms with Gasteiger partial charge in [-0.2, -0.15) is 13.2 Å². The van der Waals surface area contributed by atoms with Crippen LogP contribution in [0.15, 0.2) is 48.5 Å². The molecule has 2 atom stereocenters. The topological polar surface area (TPSA) is 84.5 Å². The van der Waals surface area contributed by atoms with Gasteiger partial charge in [-0.15, -0.1) is 0 Å². The molecule has 10 heteroatoms. The van der Waals surface area contributed by atoms with E-state index in [9.17, 15) is 31.9 Å². The first kappa shape index (κ1) is 24.8. The number of rotatable bonds is 8. The molecule has 172 valence electrons. The van der Waals surface area contributed by atoms with Crippen LogP contribution >= 0.6 is 0 Å². The highest BCUT2D eigenvalue weighted by atomic mass is 19.4. The lowest BCUT2D eigenvalue weighted by molar-refractivity contribution is -0.145. The molecule has 0 heterocycles. The van der Waals surface area contributed by atoms with Crippen molar-refractivity contribution in [3.05, 3.63) is 71.0 Å². The molecule has 0 aliphatic heterocycles. The van der Waals surface area contributed by atoms with Crippen molar-refractivity contribution in [1.29, 1.82) is 0 Å². The molecule has 0 unspecified atom stereocenters. The first-order valence-electron chi connectivity index (χ1n) is 9.56. The van der Waals surface area contributed by atoms with Crippen LogP contribution in [-0.4, -0.2) is 37.0 Å². The smallest absolute Gasteiger partial charge is 0.416 e. The first-order chi connectivity index (χ1) is 15.0. The van der Waals surface area contributed by atoms with E-state index in [0.717, 1.165) is 19.2 Å². The summed E-state index contributed by atoms with van der Waals surface area (Å²) in [6.07, 6.45) is -5.05. The molecule has 0 spiro atoms. The third-order valence-corrected chi connectivity index (χ3v) is 4.57. The molecule has 2 N–H and O–H groups in total. The third-order valence-electron chi connectivity index (χ3n) is 4.57. The molecule has 2 aromatic rings. The Morgan fingerprint density at radius 3 is 2.25 bits per heavy atom. The Balaban J connectivity index is 2.23. The molecule has 6 nitrogen and oxygen atoms in total. The van der Waals surface area contributed by atoms with Gasteiger partial charge in [0.05, 0.1) is 12.7 Å². The van der Waals surface area contributed by atoms with Crippen LogP contribution in [-0.2, 0) is 38.1 Å². The maximum atomic E-state index is 14.0. The molecule has 0 radical (unpaired) electrons. The first-order valence-corrected chi connectivity index (χ1v) is 9.56. The van der Waals surface area contributed by atoms with Crippen molar-refractivity contribution in [3.8, 4) is 0 Å². The maximum absolute atomic E-state index is 14.0. The second-order valence-corrected chi connectivity index (χ2v) is 7.04. The van der Waals surface area contributed by atoms with Crippen molar-refractivity contribution in [2.24, 2.45) is 0 Å². The van der Waals surface area contributed by atoms with Crippen LogP contribution in [0.1, 0.15) is 23.6 Å². The molecule has 0 aliphatic rings. The Morgan fingerprint density at radius 1 is 0.969 bits per heavy atom. The molecule has 0 aliphatic carbocycles. The van der Waals surface area contributed by atoms with Crippen LogP contribution in [0.2, 0.25) is 0 Å². The quantitative estimate of drug-likeness (QED) is 0.475. The number of carbonyl (C=O) groups excluding carboxylic acids is 3. The minimum atomic E-state index is -4.57. The largest absolute Gasteiger partial charge is 0.467 e. The van der Waals surface area contributed by atoms with Gasteiger partial charge in [-0.05, 0) is 23.3 Å². The van der Waals surface area contributed by atoms with Crippen molar-refractivity contribution in [2.75, 3.05) is 7.11 Å². The predicted molar refractivity (Wildman–Crippen MR) is 107 cm³/mol. The van der Waals surface area contributed by atoms with Gasteiger partial charge in [-0.25, -0.2) is 9.18 Å². The minimum Gasteiger partial charge on any atom is -0.467 e. The lowest BCUT2D eigenvalue weighted by atomic mass is 10.0. The summed E-state index contributed by atoms with van der Waals surface area (Å²) in [6.45, 7) is 1.17. The maximum Gasteiger partial charge on any atom is 0.416 e. The Bertz CT molecular complexity index is 978. The normalized spacial score (nSPS) is 13.1. The molecular weight excluding hydrogens is 432 g/mol. The zero-order chi connectivity index (χ0) is 23.9. The molecule has 2 rings (SSSR count). The summed E-state index contributed by atoms with van der Waals surface area (Å²) in [5.74, 6) is -2.84. The summed E-state index contributed by atoms with van der Waals surface area (Å²) < 4.78 is 57.6. The molecule has 0 aromatic heterocycles. The predicted octanol–water partition coefficient (Wildman–Crippen LogP) is 2.79. The van der Waals surface area contributed by atoms with Crippen LogP contribution in [0.25, 0.3) is 0 Å². The van der Waals surface area contributed by atoms with Crippen molar-refractivity contribution < 1.29 is 36.7 Å². The molecule has 0 bridgehead atoms. The fraction of sp³-hybridized carbons (Fsp3) is 0.318. The van der Waals surface area contributed by atoms with E-state index in [4.69, 9.17) is 0 Å². The molecular formula is C22H22F4N2O4. The fourth-order valence-corrected chi connectivity index (χ4v) is 3.06. The Labute approximate surface area is 181 Å². The van der Waals surface area contributed by atoms with E-state index in [-0.39, 0.29) is 24.0 Å². The van der Waals surface area contributed by atoms with Gasteiger partial charge in [-0.3, -0.25) is 9.59 Å². The zero-order valence-electron chi connectivity index (χ0n) is 17.3. The van der Waals surface area contributed by atoms with Gasteiger partial charge in [0, 0.05) is 19.8 Å². The van der Waals surface area contributed by atoms with Gasteiger partial charge in [0.1, 0.15) is 17.9 Å². The number of alkyl halides is 3. The third kappa shape index (κ3) is 7.07. The number of carbonyl (C=O) groups is 3. The highest BCUT2D eigenvalue weighted by Crippen LogP contribution is 2.29. The van der Waals surface area contributed by atoms with Gasteiger partial charge in [0.25, 0.3) is 0 Å². The summed E-state index contributed by atoms with van der Waals surface area (Å²) in [6, 6.07) is 7.44. The minimum absolute atomic E-state index is 0.140. The number of halogens is 4. The number of nitrogens with one attached hydrogen (secondary N) is 2. The number of esters is 1. The number of methoxy groups -OCH3 is 1. The SMILES string of the molecule is COC(=O)[C@@H](Cc1cccc(C(F)(F)F)c1)NC(=O)[C@H](Cc1ccccc1F)NC(C)=O. The number of ether oxygens (including phenoxy) is 1. The van der Waals surface area contributed by atoms with E-state index in [2.05, 4.69) is 15.4 Å². The van der Waals surface area contributed by atoms with E-state index >= 15 is 0 Å². The van der Waals surface area contributed by atoms with Gasteiger partial charge in [0.15, 0.2) is 0 Å². The molecule has 2 amide bonds. The average molecular weight is 454 g/mol. The summed E-state index contributed by atoms with van der Waals surface area (Å²) >= 11 is 0. The van der Waals surface area contributed by atoms with E-state index < -0.39 is 47.4 Å². The Hall–Kier alpha value is -3.43.